The molecule has 2 heteroatoms. The molecule has 0 unspecified atom stereocenters. The van der Waals surface area contributed by atoms with E-state index < -0.39 is 0 Å². The van der Waals surface area contributed by atoms with Crippen LogP contribution in [0, 0.1) is 17.8 Å². The predicted octanol–water partition coefficient (Wildman–Crippen LogP) is 2.51. The fraction of sp³-hybridized carbons (Fsp3) is 0.769. The lowest BCUT2D eigenvalue weighted by atomic mass is 9.64. The zero-order valence-corrected chi connectivity index (χ0v) is 9.37. The lowest BCUT2D eigenvalue weighted by Crippen LogP contribution is -2.40. The van der Waals surface area contributed by atoms with Gasteiger partial charge in [-0.2, -0.15) is 0 Å². The number of hydrogen-bond donors (Lipinski definition) is 1. The molecule has 0 saturated heterocycles. The van der Waals surface area contributed by atoms with E-state index in [9.17, 15) is 4.79 Å². The van der Waals surface area contributed by atoms with Crippen molar-refractivity contribution in [1.82, 2.24) is 5.32 Å². The van der Waals surface area contributed by atoms with Crippen molar-refractivity contribution in [3.63, 3.8) is 0 Å². The summed E-state index contributed by atoms with van der Waals surface area (Å²) in [5.41, 5.74) is 0. The van der Waals surface area contributed by atoms with Crippen molar-refractivity contribution >= 4 is 5.91 Å². The van der Waals surface area contributed by atoms with Gasteiger partial charge in [0.05, 0.1) is 0 Å². The van der Waals surface area contributed by atoms with Crippen LogP contribution in [0.5, 0.6) is 0 Å². The van der Waals surface area contributed by atoms with Gasteiger partial charge >= 0.3 is 0 Å². The third-order valence-corrected chi connectivity index (χ3v) is 4.21. The van der Waals surface area contributed by atoms with Gasteiger partial charge in [-0.3, -0.25) is 4.79 Å². The van der Waals surface area contributed by atoms with Crippen LogP contribution in [-0.4, -0.2) is 12.5 Å². The van der Waals surface area contributed by atoms with Gasteiger partial charge in [-0.05, 0) is 23.8 Å². The largest absolute Gasteiger partial charge is 0.352 e. The number of nitrogens with one attached hydrogen (secondary N) is 1. The maximum atomic E-state index is 11.1. The van der Waals surface area contributed by atoms with Gasteiger partial charge in [0.2, 0.25) is 5.91 Å². The first-order valence-electron chi connectivity index (χ1n) is 6.21. The van der Waals surface area contributed by atoms with E-state index in [-0.39, 0.29) is 5.91 Å². The molecule has 0 atom stereocenters. The molecule has 0 radical (unpaired) electrons. The Morgan fingerprint density at radius 3 is 2.13 bits per heavy atom. The van der Waals surface area contributed by atoms with Crippen LogP contribution >= 0.6 is 0 Å². The van der Waals surface area contributed by atoms with Crippen LogP contribution in [0.4, 0.5) is 0 Å². The van der Waals surface area contributed by atoms with E-state index in [2.05, 4.69) is 11.9 Å². The molecule has 1 N–H and O–H groups in total. The molecule has 2 aliphatic carbocycles. The van der Waals surface area contributed by atoms with Crippen LogP contribution < -0.4 is 5.32 Å². The Kier molecular flexibility index (Phi) is 3.45. The molecule has 15 heavy (non-hydrogen) atoms. The molecule has 0 aromatic heterocycles. The van der Waals surface area contributed by atoms with E-state index in [1.54, 1.807) is 0 Å². The summed E-state index contributed by atoms with van der Waals surface area (Å²) >= 11 is 0. The molecule has 0 bridgehead atoms. The Morgan fingerprint density at radius 2 is 1.80 bits per heavy atom. The van der Waals surface area contributed by atoms with Gasteiger partial charge in [-0.1, -0.05) is 45.1 Å². The Hall–Kier alpha value is -0.790. The smallest absolute Gasteiger partial charge is 0.243 e. The Labute approximate surface area is 92.1 Å². The van der Waals surface area contributed by atoms with E-state index in [1.165, 1.54) is 44.6 Å². The molecule has 2 rings (SSSR count). The van der Waals surface area contributed by atoms with Gasteiger partial charge in [-0.25, -0.2) is 0 Å². The molecule has 0 heterocycles. The molecular weight excluding hydrogens is 186 g/mol. The minimum atomic E-state index is -0.0151. The first kappa shape index (κ1) is 10.7. The van der Waals surface area contributed by atoms with Gasteiger partial charge in [0.15, 0.2) is 0 Å². The fourth-order valence-corrected chi connectivity index (χ4v) is 2.74. The van der Waals surface area contributed by atoms with Crippen molar-refractivity contribution in [3.8, 4) is 0 Å². The summed E-state index contributed by atoms with van der Waals surface area (Å²) in [6.45, 7) is 4.36. The van der Waals surface area contributed by atoms with Crippen molar-refractivity contribution in [1.29, 1.82) is 0 Å². The number of hydrogen-bond acceptors (Lipinski definition) is 1. The standard InChI is InChI=1S/C13H21NO/c1-2-13(15)14-9-12(10-5-3-6-10)11-7-4-8-11/h2,10-12H,1,3-9H2,(H,14,15). The third kappa shape index (κ3) is 2.42. The zero-order valence-electron chi connectivity index (χ0n) is 9.37. The normalized spacial score (nSPS) is 21.9. The lowest BCUT2D eigenvalue weighted by Gasteiger charge is -2.42. The van der Waals surface area contributed by atoms with Crippen LogP contribution in [0.15, 0.2) is 12.7 Å². The predicted molar refractivity (Wildman–Crippen MR) is 61.4 cm³/mol. The summed E-state index contributed by atoms with van der Waals surface area (Å²) in [4.78, 5) is 11.1. The average Bonchev–Trinajstić information content (AvgIpc) is 2.07. The second kappa shape index (κ2) is 4.82. The molecule has 2 nitrogen and oxygen atoms in total. The topological polar surface area (TPSA) is 29.1 Å². The van der Waals surface area contributed by atoms with E-state index in [1.807, 2.05) is 0 Å². The monoisotopic (exact) mass is 207 g/mol. The fourth-order valence-electron chi connectivity index (χ4n) is 2.74. The van der Waals surface area contributed by atoms with E-state index in [0.717, 1.165) is 24.3 Å². The Bertz CT molecular complexity index is 227. The number of carbonyl (C=O) groups is 1. The Balaban J connectivity index is 1.81. The van der Waals surface area contributed by atoms with Crippen molar-refractivity contribution in [2.24, 2.45) is 17.8 Å². The molecule has 1 amide bonds. The third-order valence-electron chi connectivity index (χ3n) is 4.21. The van der Waals surface area contributed by atoms with E-state index >= 15 is 0 Å². The van der Waals surface area contributed by atoms with Crippen LogP contribution in [0.3, 0.4) is 0 Å². The highest BCUT2D eigenvalue weighted by Gasteiger charge is 2.35. The molecule has 0 spiro atoms. The zero-order chi connectivity index (χ0) is 10.7. The molecule has 0 aromatic carbocycles. The highest BCUT2D eigenvalue weighted by molar-refractivity contribution is 5.86. The average molecular weight is 207 g/mol. The van der Waals surface area contributed by atoms with E-state index in [4.69, 9.17) is 0 Å². The van der Waals surface area contributed by atoms with Gasteiger partial charge < -0.3 is 5.32 Å². The summed E-state index contributed by atoms with van der Waals surface area (Å²) < 4.78 is 0. The first-order chi connectivity index (χ1) is 7.31. The number of amides is 1. The van der Waals surface area contributed by atoms with Crippen LogP contribution in [-0.2, 0) is 4.79 Å². The highest BCUT2D eigenvalue weighted by Crippen LogP contribution is 2.43. The lowest BCUT2D eigenvalue weighted by molar-refractivity contribution is -0.117. The molecular formula is C13H21NO. The first-order valence-corrected chi connectivity index (χ1v) is 6.21. The maximum Gasteiger partial charge on any atom is 0.243 e. The highest BCUT2D eigenvalue weighted by atomic mass is 16.1. The number of rotatable bonds is 5. The van der Waals surface area contributed by atoms with Crippen molar-refractivity contribution < 1.29 is 4.79 Å². The summed E-state index contributed by atoms with van der Waals surface area (Å²) in [7, 11) is 0. The van der Waals surface area contributed by atoms with Crippen molar-refractivity contribution in [2.45, 2.75) is 38.5 Å². The molecule has 84 valence electrons. The van der Waals surface area contributed by atoms with Crippen LogP contribution in [0.2, 0.25) is 0 Å². The minimum absolute atomic E-state index is 0.0151. The van der Waals surface area contributed by atoms with Gasteiger partial charge in [0.25, 0.3) is 0 Å². The molecule has 2 aliphatic rings. The number of carbonyl (C=O) groups excluding carboxylic acids is 1. The minimum Gasteiger partial charge on any atom is -0.352 e. The van der Waals surface area contributed by atoms with Crippen molar-refractivity contribution in [2.75, 3.05) is 6.54 Å². The quantitative estimate of drug-likeness (QED) is 0.689. The van der Waals surface area contributed by atoms with Gasteiger partial charge in [0, 0.05) is 6.54 Å². The summed E-state index contributed by atoms with van der Waals surface area (Å²) in [5.74, 6) is 2.51. The second-order valence-corrected chi connectivity index (χ2v) is 5.00. The second-order valence-electron chi connectivity index (χ2n) is 5.00. The molecule has 0 aliphatic heterocycles. The molecule has 2 fully saturated rings. The summed E-state index contributed by atoms with van der Waals surface area (Å²) in [6.07, 6.45) is 9.68. The van der Waals surface area contributed by atoms with Gasteiger partial charge in [0.1, 0.15) is 0 Å². The maximum absolute atomic E-state index is 11.1. The SMILES string of the molecule is C=CC(=O)NCC(C1CCC1)C1CCC1. The van der Waals surface area contributed by atoms with Crippen LogP contribution in [0.25, 0.3) is 0 Å². The Morgan fingerprint density at radius 1 is 1.27 bits per heavy atom. The van der Waals surface area contributed by atoms with Crippen molar-refractivity contribution in [3.05, 3.63) is 12.7 Å². The molecule has 0 aromatic rings. The van der Waals surface area contributed by atoms with E-state index in [0.29, 0.717) is 0 Å². The van der Waals surface area contributed by atoms with Crippen LogP contribution in [0.1, 0.15) is 38.5 Å². The summed E-state index contributed by atoms with van der Waals surface area (Å²) in [5, 5.41) is 2.97. The van der Waals surface area contributed by atoms with Gasteiger partial charge in [-0.15, -0.1) is 0 Å². The molecule has 2 saturated carbocycles. The summed E-state index contributed by atoms with van der Waals surface area (Å²) in [6, 6.07) is 0.